The maximum Gasteiger partial charge on any atom is 0.309 e. The lowest BCUT2D eigenvalue weighted by Crippen LogP contribution is -3.11. The van der Waals surface area contributed by atoms with Crippen LogP contribution in [0.25, 0.3) is 21.5 Å². The summed E-state index contributed by atoms with van der Waals surface area (Å²) < 4.78 is 0. The minimum absolute atomic E-state index is 0.0221. The molecule has 0 amide bonds. The molecular weight excluding hydrogens is 586 g/mol. The van der Waals surface area contributed by atoms with Gasteiger partial charge in [0.1, 0.15) is 11.7 Å². The number of anilines is 1. The van der Waals surface area contributed by atoms with Gasteiger partial charge in [0.2, 0.25) is 0 Å². The van der Waals surface area contributed by atoms with E-state index in [2.05, 4.69) is 93.3 Å². The first-order valence-electron chi connectivity index (χ1n) is 16.1. The van der Waals surface area contributed by atoms with Gasteiger partial charge in [0.15, 0.2) is 0 Å². The normalized spacial score (nSPS) is 20.5. The lowest BCUT2D eigenvalue weighted by Gasteiger charge is -2.27. The number of benzene rings is 4. The second-order valence-electron chi connectivity index (χ2n) is 13.6. The second kappa shape index (κ2) is 12.2. The fourth-order valence-electron chi connectivity index (χ4n) is 7.67. The average molecular weight is 627 g/mol. The largest absolute Gasteiger partial charge is 0.481 e. The quantitative estimate of drug-likeness (QED) is 0.139. The summed E-state index contributed by atoms with van der Waals surface area (Å²) in [5, 5.41) is 33.9. The van der Waals surface area contributed by atoms with Crippen LogP contribution in [0, 0.1) is 11.3 Å². The first kappa shape index (κ1) is 31.8. The maximum absolute atomic E-state index is 11.7. The van der Waals surface area contributed by atoms with E-state index < -0.39 is 17.4 Å². The Morgan fingerprint density at radius 2 is 1.49 bits per heavy atom. The molecule has 4 aromatic carbocycles. The van der Waals surface area contributed by atoms with Crippen LogP contribution >= 0.6 is 0 Å². The van der Waals surface area contributed by atoms with Crippen molar-refractivity contribution in [2.24, 2.45) is 0 Å². The Bertz CT molecular complexity index is 2050. The SMILES string of the molecule is CC1(C)C(=CC=C(C#N)C=CC2[NH+](CCC(=O)O)c3c(ccc4ccccc34)C2(C)C)N(CCC(=O)O)c2c1ccc1ccccc21. The van der Waals surface area contributed by atoms with Gasteiger partial charge in [-0.1, -0.05) is 80.6 Å². The van der Waals surface area contributed by atoms with Crippen LogP contribution in [0.1, 0.15) is 51.7 Å². The number of hydrogen-bond donors (Lipinski definition) is 3. The number of carboxylic acids is 2. The highest BCUT2D eigenvalue weighted by Crippen LogP contribution is 2.51. The zero-order valence-corrected chi connectivity index (χ0v) is 27.2. The molecule has 47 heavy (non-hydrogen) atoms. The lowest BCUT2D eigenvalue weighted by atomic mass is 9.79. The highest BCUT2D eigenvalue weighted by Gasteiger charge is 2.49. The molecule has 0 aliphatic carbocycles. The summed E-state index contributed by atoms with van der Waals surface area (Å²) in [5.41, 5.74) is 5.09. The number of aliphatic carboxylic acids is 2. The topological polar surface area (TPSA) is 106 Å². The van der Waals surface area contributed by atoms with E-state index in [1.54, 1.807) is 0 Å². The molecule has 0 aromatic heterocycles. The van der Waals surface area contributed by atoms with E-state index in [0.29, 0.717) is 18.7 Å². The molecule has 6 rings (SSSR count). The van der Waals surface area contributed by atoms with E-state index in [9.17, 15) is 25.1 Å². The summed E-state index contributed by atoms with van der Waals surface area (Å²) in [6, 6.07) is 27.1. The fourth-order valence-corrected chi connectivity index (χ4v) is 7.67. The van der Waals surface area contributed by atoms with Gasteiger partial charge in [0.25, 0.3) is 0 Å². The predicted octanol–water partition coefficient (Wildman–Crippen LogP) is 6.81. The van der Waals surface area contributed by atoms with Gasteiger partial charge in [-0.2, -0.15) is 5.26 Å². The molecule has 2 aliphatic rings. The van der Waals surface area contributed by atoms with Crippen LogP contribution in [0.5, 0.6) is 0 Å². The molecular formula is C40H40N3O4+. The Kier molecular flexibility index (Phi) is 8.25. The van der Waals surface area contributed by atoms with Crippen LogP contribution in [-0.2, 0) is 20.4 Å². The monoisotopic (exact) mass is 626 g/mol. The number of allylic oxidation sites excluding steroid dienone is 5. The summed E-state index contributed by atoms with van der Waals surface area (Å²) in [4.78, 5) is 26.6. The Hall–Kier alpha value is -5.19. The maximum atomic E-state index is 11.7. The van der Waals surface area contributed by atoms with Crippen LogP contribution in [0.3, 0.4) is 0 Å². The van der Waals surface area contributed by atoms with Crippen LogP contribution in [-0.4, -0.2) is 41.3 Å². The van der Waals surface area contributed by atoms with Gasteiger partial charge in [-0.15, -0.1) is 0 Å². The highest BCUT2D eigenvalue weighted by atomic mass is 16.4. The molecule has 0 fully saturated rings. The molecule has 4 aromatic rings. The number of hydrogen-bond acceptors (Lipinski definition) is 4. The average Bonchev–Trinajstić information content (AvgIpc) is 3.41. The summed E-state index contributed by atoms with van der Waals surface area (Å²) in [7, 11) is 0. The molecule has 7 heteroatoms. The number of nitriles is 1. The Morgan fingerprint density at radius 3 is 2.15 bits per heavy atom. The van der Waals surface area contributed by atoms with Crippen LogP contribution < -0.4 is 9.80 Å². The lowest BCUT2D eigenvalue weighted by molar-refractivity contribution is -0.848. The molecule has 2 aliphatic heterocycles. The van der Waals surface area contributed by atoms with Gasteiger partial charge in [-0.3, -0.25) is 14.5 Å². The van der Waals surface area contributed by atoms with Crippen molar-refractivity contribution < 1.29 is 24.7 Å². The number of fused-ring (bicyclic) bond motifs is 6. The Labute approximate surface area is 275 Å². The van der Waals surface area contributed by atoms with Crippen molar-refractivity contribution in [3.05, 3.63) is 119 Å². The molecule has 0 bridgehead atoms. The van der Waals surface area contributed by atoms with Crippen molar-refractivity contribution in [3.8, 4) is 6.07 Å². The molecule has 0 saturated carbocycles. The molecule has 0 spiro atoms. The van der Waals surface area contributed by atoms with Gasteiger partial charge >= 0.3 is 11.9 Å². The summed E-state index contributed by atoms with van der Waals surface area (Å²) >= 11 is 0. The molecule has 0 saturated heterocycles. The van der Waals surface area contributed by atoms with Crippen molar-refractivity contribution in [3.63, 3.8) is 0 Å². The summed E-state index contributed by atoms with van der Waals surface area (Å²) in [6.45, 7) is 9.36. The molecule has 2 heterocycles. The van der Waals surface area contributed by atoms with Crippen molar-refractivity contribution in [2.75, 3.05) is 18.0 Å². The molecule has 2 atom stereocenters. The molecule has 0 radical (unpaired) electrons. The molecule has 238 valence electrons. The van der Waals surface area contributed by atoms with E-state index in [4.69, 9.17) is 0 Å². The fraction of sp³-hybridized carbons (Fsp3) is 0.275. The predicted molar refractivity (Wildman–Crippen MR) is 186 cm³/mol. The third-order valence-electron chi connectivity index (χ3n) is 10.0. The van der Waals surface area contributed by atoms with Gasteiger partial charge < -0.3 is 15.1 Å². The van der Waals surface area contributed by atoms with E-state index in [0.717, 1.165) is 49.1 Å². The van der Waals surface area contributed by atoms with Crippen LogP contribution in [0.2, 0.25) is 0 Å². The minimum Gasteiger partial charge on any atom is -0.481 e. The van der Waals surface area contributed by atoms with E-state index in [1.807, 2.05) is 42.5 Å². The standard InChI is InChI=1S/C40H39N3O4/c1-39(2)31-17-15-27-9-5-7-11-29(27)37(31)42(23-21-35(44)45)33(39)19-13-26(25-41)14-20-34-40(3,4)32-18-16-28-10-6-8-12-30(28)38(32)43(34)24-22-36(46)47/h5-20,33H,21-24H2,1-4H3,(H,44,45)(H,46,47)/p+1. The Morgan fingerprint density at radius 1 is 0.872 bits per heavy atom. The van der Waals surface area contributed by atoms with Crippen molar-refractivity contribution in [1.29, 1.82) is 5.26 Å². The number of nitrogens with zero attached hydrogens (tertiary/aromatic N) is 2. The van der Waals surface area contributed by atoms with E-state index in [1.165, 1.54) is 5.56 Å². The smallest absolute Gasteiger partial charge is 0.309 e. The minimum atomic E-state index is -0.866. The van der Waals surface area contributed by atoms with Gasteiger partial charge in [0.05, 0.1) is 42.1 Å². The van der Waals surface area contributed by atoms with Crippen molar-refractivity contribution >= 4 is 44.9 Å². The Balaban J connectivity index is 1.40. The molecule has 7 nitrogen and oxygen atoms in total. The first-order chi connectivity index (χ1) is 22.4. The summed E-state index contributed by atoms with van der Waals surface area (Å²) in [5.74, 6) is -1.70. The zero-order valence-electron chi connectivity index (χ0n) is 27.2. The number of carboxylic acid groups (broad SMARTS) is 2. The number of quaternary nitrogens is 1. The van der Waals surface area contributed by atoms with Crippen LogP contribution in [0.4, 0.5) is 11.4 Å². The van der Waals surface area contributed by atoms with Crippen LogP contribution in [0.15, 0.2) is 108 Å². The second-order valence-corrected chi connectivity index (χ2v) is 13.6. The van der Waals surface area contributed by atoms with E-state index >= 15 is 0 Å². The third-order valence-corrected chi connectivity index (χ3v) is 10.0. The zero-order chi connectivity index (χ0) is 33.5. The van der Waals surface area contributed by atoms with Gasteiger partial charge in [-0.25, -0.2) is 0 Å². The number of nitrogens with one attached hydrogen (secondary N) is 1. The van der Waals surface area contributed by atoms with E-state index in [-0.39, 0.29) is 24.3 Å². The first-order valence-corrected chi connectivity index (χ1v) is 16.1. The van der Waals surface area contributed by atoms with Crippen molar-refractivity contribution in [1.82, 2.24) is 0 Å². The number of carbonyl (C=O) groups is 2. The van der Waals surface area contributed by atoms with Gasteiger partial charge in [0, 0.05) is 34.0 Å². The molecule has 3 N–H and O–H groups in total. The van der Waals surface area contributed by atoms with Gasteiger partial charge in [-0.05, 0) is 60.6 Å². The summed E-state index contributed by atoms with van der Waals surface area (Å²) in [6.07, 6.45) is 7.69. The third kappa shape index (κ3) is 5.60. The highest BCUT2D eigenvalue weighted by molar-refractivity contribution is 5.99. The van der Waals surface area contributed by atoms with Crippen molar-refractivity contribution in [2.45, 2.75) is 57.4 Å². The molecule has 2 unspecified atom stereocenters. The number of rotatable bonds is 9.